The molecule has 1 N–H and O–H groups in total. The fraction of sp³-hybridized carbons (Fsp3) is 0.318. The van der Waals surface area contributed by atoms with Gasteiger partial charge in [-0.15, -0.1) is 24.5 Å². The molecule has 3 heterocycles. The van der Waals surface area contributed by atoms with Gasteiger partial charge >= 0.3 is 6.36 Å². The van der Waals surface area contributed by atoms with Gasteiger partial charge in [0, 0.05) is 29.7 Å². The minimum atomic E-state index is -4.82. The van der Waals surface area contributed by atoms with Crippen LogP contribution < -0.4 is 10.1 Å². The number of carbonyl (C=O) groups is 2. The summed E-state index contributed by atoms with van der Waals surface area (Å²) in [5, 5.41) is 3.45. The molecule has 0 spiro atoms. The van der Waals surface area contributed by atoms with Crippen LogP contribution in [0, 0.1) is 13.8 Å². The number of benzene rings is 1. The van der Waals surface area contributed by atoms with E-state index in [0.29, 0.717) is 47.1 Å². The lowest BCUT2D eigenvalue weighted by Gasteiger charge is -2.26. The van der Waals surface area contributed by atoms with E-state index in [4.69, 9.17) is 4.74 Å². The van der Waals surface area contributed by atoms with Crippen LogP contribution in [-0.4, -0.2) is 54.4 Å². The Hall–Kier alpha value is -3.18. The second-order valence-corrected chi connectivity index (χ2v) is 8.50. The maximum atomic E-state index is 13.3. The first-order valence-corrected chi connectivity index (χ1v) is 10.9. The average Bonchev–Trinajstić information content (AvgIpc) is 3.11. The Balaban J connectivity index is 1.68. The maximum absolute atomic E-state index is 13.3. The Bertz CT molecular complexity index is 1200. The van der Waals surface area contributed by atoms with Crippen LogP contribution in [0.3, 0.4) is 0 Å². The summed E-state index contributed by atoms with van der Waals surface area (Å²) in [6.07, 6.45) is -4.82. The van der Waals surface area contributed by atoms with Gasteiger partial charge in [0.15, 0.2) is 0 Å². The number of nitrogens with one attached hydrogen (secondary N) is 1. The van der Waals surface area contributed by atoms with E-state index in [9.17, 15) is 22.8 Å². The zero-order valence-corrected chi connectivity index (χ0v) is 18.6. The molecule has 174 valence electrons. The molecule has 0 aliphatic carbocycles. The fourth-order valence-corrected chi connectivity index (χ4v) is 4.83. The normalized spacial score (nSPS) is 14.4. The Morgan fingerprint density at radius 3 is 2.45 bits per heavy atom. The predicted molar refractivity (Wildman–Crippen MR) is 117 cm³/mol. The van der Waals surface area contributed by atoms with Crippen LogP contribution in [0.5, 0.6) is 5.75 Å². The first-order chi connectivity index (χ1) is 15.6. The number of ether oxygens (including phenoxy) is 2. The molecule has 2 aromatic heterocycles. The van der Waals surface area contributed by atoms with Crippen molar-refractivity contribution < 1.29 is 32.2 Å². The van der Waals surface area contributed by atoms with E-state index in [-0.39, 0.29) is 11.5 Å². The number of halogens is 3. The number of thiophene rings is 1. The molecule has 1 aromatic carbocycles. The Labute approximate surface area is 191 Å². The van der Waals surface area contributed by atoms with Crippen LogP contribution in [0.2, 0.25) is 0 Å². The monoisotopic (exact) mass is 479 g/mol. The number of alkyl halides is 3. The van der Waals surface area contributed by atoms with E-state index < -0.39 is 18.0 Å². The minimum Gasteiger partial charge on any atom is -0.406 e. The zero-order valence-electron chi connectivity index (χ0n) is 17.8. The molecule has 0 saturated carbocycles. The van der Waals surface area contributed by atoms with Gasteiger partial charge in [0.1, 0.15) is 15.5 Å². The quantitative estimate of drug-likeness (QED) is 0.595. The summed E-state index contributed by atoms with van der Waals surface area (Å²) in [4.78, 5) is 33.4. The van der Waals surface area contributed by atoms with E-state index in [1.54, 1.807) is 4.90 Å². The first kappa shape index (κ1) is 23.0. The highest BCUT2D eigenvalue weighted by atomic mass is 32.1. The molecule has 0 atom stereocenters. The van der Waals surface area contributed by atoms with E-state index in [1.165, 1.54) is 23.5 Å². The average molecular weight is 479 g/mol. The van der Waals surface area contributed by atoms with Crippen molar-refractivity contribution in [3.05, 3.63) is 52.0 Å². The van der Waals surface area contributed by atoms with E-state index in [0.717, 1.165) is 23.4 Å². The summed E-state index contributed by atoms with van der Waals surface area (Å²) in [5.74, 6) is -1.23. The lowest BCUT2D eigenvalue weighted by Crippen LogP contribution is -2.40. The second-order valence-electron chi connectivity index (χ2n) is 7.50. The summed E-state index contributed by atoms with van der Waals surface area (Å²) in [5.41, 5.74) is 2.09. The van der Waals surface area contributed by atoms with Crippen molar-refractivity contribution in [3.8, 4) is 5.75 Å². The number of amides is 2. The topological polar surface area (TPSA) is 80.8 Å². The van der Waals surface area contributed by atoms with Crippen LogP contribution >= 0.6 is 11.3 Å². The molecular weight excluding hydrogens is 459 g/mol. The van der Waals surface area contributed by atoms with Crippen molar-refractivity contribution in [2.45, 2.75) is 20.2 Å². The number of morpholine rings is 1. The first-order valence-electron chi connectivity index (χ1n) is 10.1. The van der Waals surface area contributed by atoms with Gasteiger partial charge in [0.25, 0.3) is 11.8 Å². The largest absolute Gasteiger partial charge is 0.573 e. The molecule has 0 unspecified atom stereocenters. The van der Waals surface area contributed by atoms with Crippen molar-refractivity contribution in [1.29, 1.82) is 0 Å². The molecule has 1 aliphatic rings. The summed E-state index contributed by atoms with van der Waals surface area (Å²) in [7, 11) is 0. The number of rotatable bonds is 4. The number of carbonyl (C=O) groups excluding carboxylic acids is 2. The van der Waals surface area contributed by atoms with Crippen molar-refractivity contribution in [3.63, 3.8) is 0 Å². The van der Waals surface area contributed by atoms with Crippen LogP contribution in [0.1, 0.15) is 31.3 Å². The number of aryl methyl sites for hydroxylation is 2. The van der Waals surface area contributed by atoms with Gasteiger partial charge in [-0.3, -0.25) is 9.59 Å². The second kappa shape index (κ2) is 8.99. The molecule has 4 rings (SSSR count). The number of pyridine rings is 1. The fourth-order valence-electron chi connectivity index (χ4n) is 3.62. The summed E-state index contributed by atoms with van der Waals surface area (Å²) < 4.78 is 46.3. The molecule has 0 bridgehead atoms. The SMILES string of the molecule is Cc1cc(C)c2c(NC(=O)c3ccc(OC(F)(F)F)cc3)c(C(=O)N3CCOCC3)sc2n1. The number of anilines is 1. The molecule has 1 aliphatic heterocycles. The van der Waals surface area contributed by atoms with Crippen molar-refractivity contribution >= 4 is 39.1 Å². The van der Waals surface area contributed by atoms with Crippen LogP contribution in [-0.2, 0) is 4.74 Å². The number of aromatic nitrogens is 1. The Morgan fingerprint density at radius 1 is 1.15 bits per heavy atom. The third-order valence-electron chi connectivity index (χ3n) is 5.07. The number of hydrogen-bond acceptors (Lipinski definition) is 6. The standard InChI is InChI=1S/C22H20F3N3O4S/c1-12-11-13(2)26-20-16(12)17(18(33-20)21(30)28-7-9-31-10-8-28)27-19(29)14-3-5-15(6-4-14)32-22(23,24)25/h3-6,11H,7-10H2,1-2H3,(H,27,29). The Kier molecular flexibility index (Phi) is 6.26. The van der Waals surface area contributed by atoms with Crippen molar-refractivity contribution in [1.82, 2.24) is 9.88 Å². The number of fused-ring (bicyclic) bond motifs is 1. The molecule has 3 aromatic rings. The van der Waals surface area contributed by atoms with Crippen molar-refractivity contribution in [2.75, 3.05) is 31.6 Å². The van der Waals surface area contributed by atoms with Gasteiger partial charge in [0.05, 0.1) is 18.9 Å². The smallest absolute Gasteiger partial charge is 0.406 e. The lowest BCUT2D eigenvalue weighted by molar-refractivity contribution is -0.274. The van der Waals surface area contributed by atoms with Crippen LogP contribution in [0.4, 0.5) is 18.9 Å². The van der Waals surface area contributed by atoms with E-state index in [2.05, 4.69) is 15.0 Å². The van der Waals surface area contributed by atoms with Crippen molar-refractivity contribution in [2.24, 2.45) is 0 Å². The maximum Gasteiger partial charge on any atom is 0.573 e. The van der Waals surface area contributed by atoms with Gasteiger partial charge in [-0.05, 0) is 49.7 Å². The minimum absolute atomic E-state index is 0.117. The summed E-state index contributed by atoms with van der Waals surface area (Å²) in [6.45, 7) is 5.45. The van der Waals surface area contributed by atoms with Gasteiger partial charge in [0.2, 0.25) is 0 Å². The van der Waals surface area contributed by atoms with E-state index >= 15 is 0 Å². The van der Waals surface area contributed by atoms with Gasteiger partial charge in [-0.1, -0.05) is 0 Å². The molecule has 1 fully saturated rings. The molecule has 7 nitrogen and oxygen atoms in total. The molecule has 33 heavy (non-hydrogen) atoms. The third kappa shape index (κ3) is 5.09. The molecule has 1 saturated heterocycles. The van der Waals surface area contributed by atoms with Crippen LogP contribution in [0.25, 0.3) is 10.2 Å². The summed E-state index contributed by atoms with van der Waals surface area (Å²) in [6, 6.07) is 6.43. The van der Waals surface area contributed by atoms with E-state index in [1.807, 2.05) is 19.9 Å². The van der Waals surface area contributed by atoms with Gasteiger partial charge < -0.3 is 19.7 Å². The summed E-state index contributed by atoms with van der Waals surface area (Å²) >= 11 is 1.20. The molecule has 11 heteroatoms. The highest BCUT2D eigenvalue weighted by Gasteiger charge is 2.31. The zero-order chi connectivity index (χ0) is 23.8. The van der Waals surface area contributed by atoms with Gasteiger partial charge in [-0.2, -0.15) is 0 Å². The van der Waals surface area contributed by atoms with Crippen LogP contribution in [0.15, 0.2) is 30.3 Å². The highest BCUT2D eigenvalue weighted by Crippen LogP contribution is 2.38. The molecule has 2 amide bonds. The van der Waals surface area contributed by atoms with Gasteiger partial charge in [-0.25, -0.2) is 4.98 Å². The lowest BCUT2D eigenvalue weighted by atomic mass is 10.1. The number of hydrogen-bond donors (Lipinski definition) is 1. The predicted octanol–water partition coefficient (Wildman–Crippen LogP) is 4.54. The molecular formula is C22H20F3N3O4S. The highest BCUT2D eigenvalue weighted by molar-refractivity contribution is 7.21. The third-order valence-corrected chi connectivity index (χ3v) is 6.14. The molecule has 0 radical (unpaired) electrons. The number of nitrogens with zero attached hydrogens (tertiary/aromatic N) is 2. The Morgan fingerprint density at radius 2 is 1.82 bits per heavy atom.